The Morgan fingerprint density at radius 1 is 1.16 bits per heavy atom. The molecule has 1 N–H and O–H groups in total. The van der Waals surface area contributed by atoms with Crippen molar-refractivity contribution in [3.05, 3.63) is 65.9 Å². The van der Waals surface area contributed by atoms with E-state index >= 15 is 0 Å². The minimum absolute atomic E-state index is 0.00753. The van der Waals surface area contributed by atoms with E-state index in [0.717, 1.165) is 36.0 Å². The summed E-state index contributed by atoms with van der Waals surface area (Å²) in [5.41, 5.74) is 2.40. The Labute approximate surface area is 147 Å². The highest BCUT2D eigenvalue weighted by atomic mass is 16.5. The molecule has 0 fully saturated rings. The summed E-state index contributed by atoms with van der Waals surface area (Å²) in [4.78, 5) is 13.0. The van der Waals surface area contributed by atoms with Crippen molar-refractivity contribution in [2.24, 2.45) is 0 Å². The number of fused-ring (bicyclic) bond motifs is 1. The van der Waals surface area contributed by atoms with Crippen molar-refractivity contribution in [1.29, 1.82) is 0 Å². The van der Waals surface area contributed by atoms with Gasteiger partial charge in [-0.25, -0.2) is 0 Å². The van der Waals surface area contributed by atoms with Gasteiger partial charge >= 0.3 is 0 Å². The Kier molecular flexibility index (Phi) is 5.19. The Bertz CT molecular complexity index is 862. The van der Waals surface area contributed by atoms with Crippen LogP contribution in [0.25, 0.3) is 10.9 Å². The topological polar surface area (TPSA) is 51.5 Å². The van der Waals surface area contributed by atoms with E-state index in [9.17, 15) is 9.90 Å². The van der Waals surface area contributed by atoms with Crippen LogP contribution in [0.5, 0.6) is 5.75 Å². The lowest BCUT2D eigenvalue weighted by molar-refractivity contribution is 0.104. The van der Waals surface area contributed by atoms with Gasteiger partial charge in [-0.3, -0.25) is 4.79 Å². The number of para-hydroxylation sites is 1. The first-order valence-electron chi connectivity index (χ1n) is 8.55. The number of hydrogen-bond donors (Lipinski definition) is 1. The lowest BCUT2D eigenvalue weighted by atomic mass is 10.0. The molecule has 0 unspecified atom stereocenters. The molecule has 25 heavy (non-hydrogen) atoms. The van der Waals surface area contributed by atoms with E-state index in [-0.39, 0.29) is 11.9 Å². The molecule has 0 amide bonds. The molecule has 0 aliphatic heterocycles. The number of hydrogen-bond acceptors (Lipinski definition) is 3. The first-order valence-corrected chi connectivity index (χ1v) is 8.55. The highest BCUT2D eigenvalue weighted by Crippen LogP contribution is 2.25. The number of carbonyl (C=O) groups is 1. The van der Waals surface area contributed by atoms with E-state index < -0.39 is 0 Å². The summed E-state index contributed by atoms with van der Waals surface area (Å²) in [6.45, 7) is 2.58. The van der Waals surface area contributed by atoms with Crippen LogP contribution in [0.4, 0.5) is 0 Å². The molecule has 0 saturated carbocycles. The van der Waals surface area contributed by atoms with Crippen LogP contribution < -0.4 is 4.74 Å². The van der Waals surface area contributed by atoms with Crippen molar-refractivity contribution in [2.45, 2.75) is 32.4 Å². The number of carbonyl (C=O) groups excluding carboxylic acids is 1. The second-order valence-electron chi connectivity index (χ2n) is 6.30. The van der Waals surface area contributed by atoms with Crippen LogP contribution in [-0.4, -0.2) is 28.7 Å². The average molecular weight is 337 g/mol. The van der Waals surface area contributed by atoms with E-state index in [4.69, 9.17) is 4.74 Å². The van der Waals surface area contributed by atoms with Crippen molar-refractivity contribution in [3.8, 4) is 5.75 Å². The first kappa shape index (κ1) is 17.2. The quantitative estimate of drug-likeness (QED) is 0.662. The van der Waals surface area contributed by atoms with Crippen molar-refractivity contribution in [1.82, 2.24) is 4.57 Å². The molecular formula is C21H23NO3. The molecule has 0 radical (unpaired) electrons. The standard InChI is InChI=1S/C21H23NO3/c1-15(23)6-5-13-22-14-19(18-7-3-4-8-20(18)22)21(24)16-9-11-17(25-2)12-10-16/h3-4,7-12,14-15,23H,5-6,13H2,1-2H3/t15-/m1/s1. The number of nitrogens with zero attached hydrogens (tertiary/aromatic N) is 1. The largest absolute Gasteiger partial charge is 0.497 e. The van der Waals surface area contributed by atoms with Crippen molar-refractivity contribution < 1.29 is 14.6 Å². The molecule has 0 aliphatic carbocycles. The third kappa shape index (κ3) is 3.74. The van der Waals surface area contributed by atoms with Crippen LogP contribution in [-0.2, 0) is 6.54 Å². The minimum Gasteiger partial charge on any atom is -0.497 e. The van der Waals surface area contributed by atoms with Gasteiger partial charge in [0.2, 0.25) is 0 Å². The zero-order chi connectivity index (χ0) is 17.8. The van der Waals surface area contributed by atoms with Gasteiger partial charge < -0.3 is 14.4 Å². The molecule has 3 aromatic rings. The monoisotopic (exact) mass is 337 g/mol. The van der Waals surface area contributed by atoms with Gasteiger partial charge in [-0.05, 0) is 50.1 Å². The van der Waals surface area contributed by atoms with Gasteiger partial charge in [-0.15, -0.1) is 0 Å². The summed E-state index contributed by atoms with van der Waals surface area (Å²) in [6.07, 6.45) is 3.24. The number of benzene rings is 2. The molecular weight excluding hydrogens is 314 g/mol. The fourth-order valence-corrected chi connectivity index (χ4v) is 3.07. The lowest BCUT2D eigenvalue weighted by Gasteiger charge is -2.06. The highest BCUT2D eigenvalue weighted by molar-refractivity contribution is 6.16. The zero-order valence-electron chi connectivity index (χ0n) is 14.6. The third-order valence-electron chi connectivity index (χ3n) is 4.41. The van der Waals surface area contributed by atoms with Crippen LogP contribution in [0.1, 0.15) is 35.7 Å². The average Bonchev–Trinajstić information content (AvgIpc) is 3.00. The van der Waals surface area contributed by atoms with Gasteiger partial charge in [0.15, 0.2) is 5.78 Å². The zero-order valence-corrected chi connectivity index (χ0v) is 14.6. The summed E-state index contributed by atoms with van der Waals surface area (Å²) >= 11 is 0. The highest BCUT2D eigenvalue weighted by Gasteiger charge is 2.16. The number of aromatic nitrogens is 1. The Balaban J connectivity index is 1.93. The van der Waals surface area contributed by atoms with E-state index in [0.29, 0.717) is 11.1 Å². The molecule has 0 bridgehead atoms. The summed E-state index contributed by atoms with van der Waals surface area (Å²) in [7, 11) is 1.61. The lowest BCUT2D eigenvalue weighted by Crippen LogP contribution is -2.04. The molecule has 0 aliphatic rings. The molecule has 2 aromatic carbocycles. The minimum atomic E-state index is -0.303. The van der Waals surface area contributed by atoms with E-state index in [2.05, 4.69) is 4.57 Å². The third-order valence-corrected chi connectivity index (χ3v) is 4.41. The van der Waals surface area contributed by atoms with Gasteiger partial charge in [0.1, 0.15) is 5.75 Å². The van der Waals surface area contributed by atoms with Crippen molar-refractivity contribution in [3.63, 3.8) is 0 Å². The smallest absolute Gasteiger partial charge is 0.195 e. The predicted octanol–water partition coefficient (Wildman–Crippen LogP) is 4.04. The summed E-state index contributed by atoms with van der Waals surface area (Å²) in [5.74, 6) is 0.741. The van der Waals surface area contributed by atoms with Gasteiger partial charge in [-0.1, -0.05) is 18.2 Å². The molecule has 130 valence electrons. The SMILES string of the molecule is COc1ccc(C(=O)c2cn(CCC[C@@H](C)O)c3ccccc23)cc1. The van der Waals surface area contributed by atoms with Crippen LogP contribution in [0, 0.1) is 0 Å². The van der Waals surface area contributed by atoms with Crippen molar-refractivity contribution in [2.75, 3.05) is 7.11 Å². The number of rotatable bonds is 7. The van der Waals surface area contributed by atoms with E-state index in [1.807, 2.05) is 30.5 Å². The number of ether oxygens (including phenoxy) is 1. The van der Waals surface area contributed by atoms with Gasteiger partial charge in [0.25, 0.3) is 0 Å². The van der Waals surface area contributed by atoms with Crippen LogP contribution >= 0.6 is 0 Å². The summed E-state index contributed by atoms with van der Waals surface area (Å²) in [5, 5.41) is 10.4. The number of aliphatic hydroxyl groups is 1. The Hall–Kier alpha value is -2.59. The van der Waals surface area contributed by atoms with Gasteiger partial charge in [0, 0.05) is 34.8 Å². The predicted molar refractivity (Wildman–Crippen MR) is 99.3 cm³/mol. The van der Waals surface area contributed by atoms with Crippen molar-refractivity contribution >= 4 is 16.7 Å². The molecule has 1 heterocycles. The number of aryl methyl sites for hydroxylation is 1. The van der Waals surface area contributed by atoms with Crippen LogP contribution in [0.2, 0.25) is 0 Å². The summed E-state index contributed by atoms with van der Waals surface area (Å²) in [6, 6.07) is 15.1. The Morgan fingerprint density at radius 2 is 1.88 bits per heavy atom. The van der Waals surface area contributed by atoms with Gasteiger partial charge in [0.05, 0.1) is 13.2 Å². The van der Waals surface area contributed by atoms with E-state index in [1.165, 1.54) is 0 Å². The molecule has 3 rings (SSSR count). The number of ketones is 1. The Morgan fingerprint density at radius 3 is 2.56 bits per heavy atom. The molecule has 4 heteroatoms. The maximum atomic E-state index is 13.0. The molecule has 1 atom stereocenters. The molecule has 0 saturated heterocycles. The fraction of sp³-hybridized carbons (Fsp3) is 0.286. The summed E-state index contributed by atoms with van der Waals surface area (Å²) < 4.78 is 7.26. The number of methoxy groups -OCH3 is 1. The molecule has 1 aromatic heterocycles. The normalized spacial score (nSPS) is 12.3. The maximum Gasteiger partial charge on any atom is 0.195 e. The van der Waals surface area contributed by atoms with E-state index in [1.54, 1.807) is 38.3 Å². The number of aliphatic hydroxyl groups excluding tert-OH is 1. The van der Waals surface area contributed by atoms with Gasteiger partial charge in [-0.2, -0.15) is 0 Å². The van der Waals surface area contributed by atoms with Crippen LogP contribution in [0.15, 0.2) is 54.7 Å². The first-order chi connectivity index (χ1) is 12.1. The van der Waals surface area contributed by atoms with Crippen LogP contribution in [0.3, 0.4) is 0 Å². The fourth-order valence-electron chi connectivity index (χ4n) is 3.07. The molecule has 0 spiro atoms. The molecule has 4 nitrogen and oxygen atoms in total. The maximum absolute atomic E-state index is 13.0. The second kappa shape index (κ2) is 7.53. The second-order valence-corrected chi connectivity index (χ2v) is 6.30.